The topological polar surface area (TPSA) is 62.9 Å². The van der Waals surface area contributed by atoms with Gasteiger partial charge in [-0.25, -0.2) is 9.91 Å². The molecule has 3 aromatic rings. The molecular formula is C28H25N5O. The smallest absolute Gasteiger partial charge is 0.278 e. The Labute approximate surface area is 199 Å². The van der Waals surface area contributed by atoms with Crippen LogP contribution >= 0.6 is 0 Å². The summed E-state index contributed by atoms with van der Waals surface area (Å²) in [5.41, 5.74) is 2.76. The fourth-order valence-corrected chi connectivity index (χ4v) is 4.42. The summed E-state index contributed by atoms with van der Waals surface area (Å²) in [7, 11) is 0. The van der Waals surface area contributed by atoms with Crippen molar-refractivity contribution in [2.75, 3.05) is 23.0 Å². The van der Waals surface area contributed by atoms with E-state index in [4.69, 9.17) is 5.10 Å². The number of hydrazone groups is 1. The normalized spacial score (nSPS) is 16.7. The van der Waals surface area contributed by atoms with E-state index in [2.05, 4.69) is 11.0 Å². The molecule has 5 rings (SSSR count). The highest BCUT2D eigenvalue weighted by Gasteiger charge is 2.37. The van der Waals surface area contributed by atoms with Gasteiger partial charge in [-0.05, 0) is 43.5 Å². The molecule has 0 aromatic heterocycles. The van der Waals surface area contributed by atoms with Crippen LogP contribution in [0, 0.1) is 11.3 Å². The Balaban J connectivity index is 1.79. The number of carbonyl (C=O) groups is 1. The number of rotatable bonds is 3. The third-order valence-electron chi connectivity index (χ3n) is 6.07. The fraction of sp³-hybridized carbons (Fsp3) is 0.179. The molecule has 34 heavy (non-hydrogen) atoms. The lowest BCUT2D eigenvalue weighted by molar-refractivity contribution is -0.114. The minimum absolute atomic E-state index is 0.0506. The van der Waals surface area contributed by atoms with Gasteiger partial charge in [0.15, 0.2) is 0 Å². The van der Waals surface area contributed by atoms with Crippen molar-refractivity contribution < 1.29 is 4.79 Å². The van der Waals surface area contributed by atoms with Crippen molar-refractivity contribution in [3.05, 3.63) is 102 Å². The standard InChI is InChI=1S/C28H25N5O/c29-21-25-26(22-13-5-1-6-14-22)33(24-17-9-3-10-18-24)30-28(31-19-11-4-12-20-31)32(27(25)34)23-15-7-2-8-16-23/h1-3,5-10,13-18H,4,11-12,19-20H2. The van der Waals surface area contributed by atoms with Crippen molar-refractivity contribution in [3.8, 4) is 6.07 Å². The van der Waals surface area contributed by atoms with Crippen LogP contribution in [-0.4, -0.2) is 29.9 Å². The second-order valence-electron chi connectivity index (χ2n) is 8.27. The van der Waals surface area contributed by atoms with Crippen LogP contribution in [0.4, 0.5) is 11.4 Å². The third kappa shape index (κ3) is 4.04. The van der Waals surface area contributed by atoms with E-state index in [1.807, 2.05) is 91.0 Å². The zero-order valence-corrected chi connectivity index (χ0v) is 18.8. The van der Waals surface area contributed by atoms with E-state index in [1.54, 1.807) is 9.91 Å². The van der Waals surface area contributed by atoms with Crippen molar-refractivity contribution in [1.29, 1.82) is 5.26 Å². The van der Waals surface area contributed by atoms with Gasteiger partial charge >= 0.3 is 0 Å². The first-order chi connectivity index (χ1) is 16.8. The Bertz CT molecular complexity index is 1260. The number of benzene rings is 3. The molecule has 0 bridgehead atoms. The Hall–Kier alpha value is -4.37. The summed E-state index contributed by atoms with van der Waals surface area (Å²) in [5, 5.41) is 17.2. The van der Waals surface area contributed by atoms with Crippen LogP contribution in [0.15, 0.2) is 102 Å². The predicted molar refractivity (Wildman–Crippen MR) is 135 cm³/mol. The summed E-state index contributed by atoms with van der Waals surface area (Å²) < 4.78 is 0. The number of piperidine rings is 1. The third-order valence-corrected chi connectivity index (χ3v) is 6.07. The minimum atomic E-state index is -0.379. The van der Waals surface area contributed by atoms with Crippen molar-refractivity contribution >= 4 is 28.9 Å². The molecule has 0 atom stereocenters. The van der Waals surface area contributed by atoms with Crippen LogP contribution in [0.1, 0.15) is 24.8 Å². The van der Waals surface area contributed by atoms with E-state index in [9.17, 15) is 10.1 Å². The van der Waals surface area contributed by atoms with Gasteiger partial charge < -0.3 is 4.90 Å². The van der Waals surface area contributed by atoms with Gasteiger partial charge in [0.25, 0.3) is 5.91 Å². The quantitative estimate of drug-likeness (QED) is 0.551. The van der Waals surface area contributed by atoms with Crippen molar-refractivity contribution in [2.45, 2.75) is 19.3 Å². The molecule has 2 heterocycles. The molecule has 0 radical (unpaired) electrons. The maximum absolute atomic E-state index is 14.1. The van der Waals surface area contributed by atoms with Gasteiger partial charge in [-0.1, -0.05) is 66.7 Å². The van der Waals surface area contributed by atoms with Crippen LogP contribution in [0.5, 0.6) is 0 Å². The molecule has 168 valence electrons. The van der Waals surface area contributed by atoms with E-state index in [-0.39, 0.29) is 11.5 Å². The number of guanidine groups is 1. The molecule has 2 aliphatic heterocycles. The van der Waals surface area contributed by atoms with Crippen molar-refractivity contribution in [1.82, 2.24) is 4.90 Å². The van der Waals surface area contributed by atoms with Crippen molar-refractivity contribution in [2.24, 2.45) is 5.10 Å². The zero-order chi connectivity index (χ0) is 23.3. The molecule has 6 heteroatoms. The SMILES string of the molecule is N#CC1=C(c2ccccc2)N(c2ccccc2)N=C(N2CCCCC2)N(c2ccccc2)C1=O. The molecular weight excluding hydrogens is 422 g/mol. The lowest BCUT2D eigenvalue weighted by atomic mass is 10.0. The maximum Gasteiger partial charge on any atom is 0.278 e. The number of amides is 1. The Morgan fingerprint density at radius 1 is 0.735 bits per heavy atom. The van der Waals surface area contributed by atoms with Crippen LogP contribution in [-0.2, 0) is 4.79 Å². The molecule has 1 saturated heterocycles. The average Bonchev–Trinajstić information content (AvgIpc) is 3.04. The Morgan fingerprint density at radius 3 is 1.88 bits per heavy atom. The number of nitriles is 1. The first kappa shape index (κ1) is 21.5. The summed E-state index contributed by atoms with van der Waals surface area (Å²) in [6.07, 6.45) is 3.22. The first-order valence-electron chi connectivity index (χ1n) is 11.6. The van der Waals surface area contributed by atoms with Crippen LogP contribution in [0.3, 0.4) is 0 Å². The van der Waals surface area contributed by atoms with E-state index >= 15 is 0 Å². The summed E-state index contributed by atoms with van der Waals surface area (Å²) >= 11 is 0. The second-order valence-corrected chi connectivity index (χ2v) is 8.27. The summed E-state index contributed by atoms with van der Waals surface area (Å²) in [5.74, 6) is 0.161. The van der Waals surface area contributed by atoms with Gasteiger partial charge in [-0.15, -0.1) is 5.10 Å². The van der Waals surface area contributed by atoms with Crippen LogP contribution < -0.4 is 9.91 Å². The van der Waals surface area contributed by atoms with Gasteiger partial charge in [-0.3, -0.25) is 4.79 Å². The molecule has 0 N–H and O–H groups in total. The number of hydrogen-bond acceptors (Lipinski definition) is 5. The lowest BCUT2D eigenvalue weighted by Crippen LogP contribution is -2.49. The van der Waals surface area contributed by atoms with E-state index in [0.717, 1.165) is 43.6 Å². The van der Waals surface area contributed by atoms with Gasteiger partial charge in [0.05, 0.1) is 17.1 Å². The fourth-order valence-electron chi connectivity index (χ4n) is 4.42. The monoisotopic (exact) mass is 447 g/mol. The highest BCUT2D eigenvalue weighted by atomic mass is 16.2. The first-order valence-corrected chi connectivity index (χ1v) is 11.6. The molecule has 3 aromatic carbocycles. The van der Waals surface area contributed by atoms with E-state index in [0.29, 0.717) is 17.3 Å². The molecule has 0 spiro atoms. The average molecular weight is 448 g/mol. The van der Waals surface area contributed by atoms with Gasteiger partial charge in [0, 0.05) is 18.7 Å². The molecule has 6 nitrogen and oxygen atoms in total. The summed E-state index contributed by atoms with van der Waals surface area (Å²) in [4.78, 5) is 17.9. The number of likely N-dealkylation sites (tertiary alicyclic amines) is 1. The highest BCUT2D eigenvalue weighted by molar-refractivity contribution is 6.27. The molecule has 0 aliphatic carbocycles. The lowest BCUT2D eigenvalue weighted by Gasteiger charge is -2.35. The molecule has 0 unspecified atom stereocenters. The van der Waals surface area contributed by atoms with Gasteiger partial charge in [-0.2, -0.15) is 5.26 Å². The molecule has 0 saturated carbocycles. The Kier molecular flexibility index (Phi) is 6.09. The van der Waals surface area contributed by atoms with Crippen LogP contribution in [0.25, 0.3) is 5.70 Å². The maximum atomic E-state index is 14.1. The van der Waals surface area contributed by atoms with Gasteiger partial charge in [0.1, 0.15) is 11.6 Å². The van der Waals surface area contributed by atoms with Crippen LogP contribution in [0.2, 0.25) is 0 Å². The molecule has 2 aliphatic rings. The minimum Gasteiger partial charge on any atom is -0.341 e. The number of para-hydroxylation sites is 2. The van der Waals surface area contributed by atoms with Gasteiger partial charge in [0.2, 0.25) is 5.96 Å². The van der Waals surface area contributed by atoms with E-state index < -0.39 is 0 Å². The van der Waals surface area contributed by atoms with Crippen molar-refractivity contribution in [3.63, 3.8) is 0 Å². The summed E-state index contributed by atoms with van der Waals surface area (Å²) in [6, 6.07) is 30.9. The number of anilines is 2. The second kappa shape index (κ2) is 9.63. The largest absolute Gasteiger partial charge is 0.341 e. The number of carbonyl (C=O) groups excluding carboxylic acids is 1. The zero-order valence-electron chi connectivity index (χ0n) is 18.8. The number of hydrogen-bond donors (Lipinski definition) is 0. The highest BCUT2D eigenvalue weighted by Crippen LogP contribution is 2.34. The summed E-state index contributed by atoms with van der Waals surface area (Å²) in [6.45, 7) is 1.61. The number of nitrogens with zero attached hydrogens (tertiary/aromatic N) is 5. The molecule has 1 fully saturated rings. The Morgan fingerprint density at radius 2 is 1.29 bits per heavy atom. The van der Waals surface area contributed by atoms with E-state index in [1.165, 1.54) is 0 Å². The predicted octanol–water partition coefficient (Wildman–Crippen LogP) is 5.23. The molecule has 1 amide bonds.